The Morgan fingerprint density at radius 2 is 2.28 bits per heavy atom. The maximum absolute atomic E-state index is 4.56. The molecule has 5 heteroatoms. The van der Waals surface area contributed by atoms with Gasteiger partial charge in [0.15, 0.2) is 5.96 Å². The van der Waals surface area contributed by atoms with Crippen LogP contribution in [0, 0.1) is 6.92 Å². The van der Waals surface area contributed by atoms with E-state index >= 15 is 0 Å². The molecule has 0 aromatic carbocycles. The fourth-order valence-electron chi connectivity index (χ4n) is 1.46. The third-order valence-electron chi connectivity index (χ3n) is 2.64. The van der Waals surface area contributed by atoms with Crippen LogP contribution in [0.25, 0.3) is 0 Å². The second kappa shape index (κ2) is 8.08. The molecule has 1 unspecified atom stereocenters. The molecule has 2 N–H and O–H groups in total. The molecule has 0 aliphatic rings. The molecule has 1 aromatic heterocycles. The van der Waals surface area contributed by atoms with E-state index in [-0.39, 0.29) is 0 Å². The maximum Gasteiger partial charge on any atom is 0.191 e. The first-order chi connectivity index (χ1) is 8.65. The molecule has 0 amide bonds. The Hall–Kier alpha value is -1.10. The second-order valence-electron chi connectivity index (χ2n) is 4.32. The number of guanidine groups is 1. The highest BCUT2D eigenvalue weighted by molar-refractivity contribution is 7.09. The summed E-state index contributed by atoms with van der Waals surface area (Å²) in [7, 11) is 0. The van der Waals surface area contributed by atoms with E-state index in [1.54, 1.807) is 11.3 Å². The van der Waals surface area contributed by atoms with Crippen molar-refractivity contribution < 1.29 is 0 Å². The minimum Gasteiger partial charge on any atom is -0.357 e. The highest BCUT2D eigenvalue weighted by Crippen LogP contribution is 2.08. The van der Waals surface area contributed by atoms with Crippen molar-refractivity contribution in [2.75, 3.05) is 13.1 Å². The van der Waals surface area contributed by atoms with Crippen molar-refractivity contribution in [3.05, 3.63) is 16.1 Å². The van der Waals surface area contributed by atoms with Gasteiger partial charge in [-0.2, -0.15) is 0 Å². The van der Waals surface area contributed by atoms with Gasteiger partial charge in [-0.1, -0.05) is 6.92 Å². The van der Waals surface area contributed by atoms with Crippen molar-refractivity contribution >= 4 is 17.3 Å². The van der Waals surface area contributed by atoms with Crippen LogP contribution in [0.1, 0.15) is 37.9 Å². The van der Waals surface area contributed by atoms with Crippen LogP contribution in [-0.2, 0) is 6.42 Å². The number of thiazole rings is 1. The lowest BCUT2D eigenvalue weighted by atomic mass is 10.3. The van der Waals surface area contributed by atoms with E-state index in [0.717, 1.165) is 42.6 Å². The van der Waals surface area contributed by atoms with E-state index in [4.69, 9.17) is 0 Å². The average molecular weight is 268 g/mol. The van der Waals surface area contributed by atoms with E-state index < -0.39 is 0 Å². The van der Waals surface area contributed by atoms with Crippen molar-refractivity contribution in [2.24, 2.45) is 4.99 Å². The summed E-state index contributed by atoms with van der Waals surface area (Å²) in [6.45, 7) is 10.1. The van der Waals surface area contributed by atoms with Crippen LogP contribution in [0.3, 0.4) is 0 Å². The van der Waals surface area contributed by atoms with Crippen LogP contribution < -0.4 is 10.6 Å². The Balaban J connectivity index is 2.44. The number of nitrogens with zero attached hydrogens (tertiary/aromatic N) is 2. The standard InChI is InChI=1S/C13H24N4S/c1-5-10(3)16-13(14-6-2)15-8-7-12-9-18-11(4)17-12/h9-10H,5-8H2,1-4H3,(H2,14,15,16). The molecule has 0 saturated carbocycles. The first-order valence-corrected chi connectivity index (χ1v) is 7.49. The van der Waals surface area contributed by atoms with Crippen LogP contribution in [0.2, 0.25) is 0 Å². The molecule has 1 aromatic rings. The number of rotatable bonds is 6. The Labute approximate surface area is 114 Å². The van der Waals surface area contributed by atoms with Gasteiger partial charge in [0, 0.05) is 30.9 Å². The number of aliphatic imine (C=N–C) groups is 1. The molecule has 0 bridgehead atoms. The summed E-state index contributed by atoms with van der Waals surface area (Å²) in [5.41, 5.74) is 1.14. The first kappa shape index (κ1) is 15.0. The van der Waals surface area contributed by atoms with E-state index in [1.165, 1.54) is 0 Å². The molecule has 18 heavy (non-hydrogen) atoms. The number of hydrogen-bond acceptors (Lipinski definition) is 3. The molecule has 0 radical (unpaired) electrons. The van der Waals surface area contributed by atoms with Gasteiger partial charge in [0.2, 0.25) is 0 Å². The summed E-state index contributed by atoms with van der Waals surface area (Å²) in [5.74, 6) is 0.902. The van der Waals surface area contributed by atoms with Crippen LogP contribution in [0.4, 0.5) is 0 Å². The predicted octanol–water partition coefficient (Wildman–Crippen LogP) is 2.35. The maximum atomic E-state index is 4.56. The summed E-state index contributed by atoms with van der Waals surface area (Å²) < 4.78 is 0. The summed E-state index contributed by atoms with van der Waals surface area (Å²) >= 11 is 1.70. The Bertz CT molecular complexity index is 373. The monoisotopic (exact) mass is 268 g/mol. The quantitative estimate of drug-likeness (QED) is 0.615. The summed E-state index contributed by atoms with van der Waals surface area (Å²) in [6.07, 6.45) is 2.00. The average Bonchev–Trinajstić information content (AvgIpc) is 2.75. The van der Waals surface area contributed by atoms with E-state index in [2.05, 4.69) is 46.8 Å². The van der Waals surface area contributed by atoms with Crippen LogP contribution >= 0.6 is 11.3 Å². The third kappa shape index (κ3) is 5.49. The van der Waals surface area contributed by atoms with Crippen molar-refractivity contribution in [3.63, 3.8) is 0 Å². The van der Waals surface area contributed by atoms with Gasteiger partial charge in [-0.3, -0.25) is 4.99 Å². The lowest BCUT2D eigenvalue weighted by Gasteiger charge is -2.15. The Kier molecular flexibility index (Phi) is 6.72. The van der Waals surface area contributed by atoms with Crippen LogP contribution in [0.15, 0.2) is 10.4 Å². The van der Waals surface area contributed by atoms with Crippen molar-refractivity contribution in [3.8, 4) is 0 Å². The van der Waals surface area contributed by atoms with Gasteiger partial charge in [-0.25, -0.2) is 4.98 Å². The summed E-state index contributed by atoms with van der Waals surface area (Å²) in [6, 6.07) is 0.448. The highest BCUT2D eigenvalue weighted by atomic mass is 32.1. The summed E-state index contributed by atoms with van der Waals surface area (Å²) in [4.78, 5) is 9.00. The lowest BCUT2D eigenvalue weighted by Crippen LogP contribution is -2.42. The zero-order valence-corrected chi connectivity index (χ0v) is 12.6. The minimum absolute atomic E-state index is 0.448. The van der Waals surface area contributed by atoms with Gasteiger partial charge >= 0.3 is 0 Å². The van der Waals surface area contributed by atoms with Gasteiger partial charge in [0.25, 0.3) is 0 Å². The van der Waals surface area contributed by atoms with Crippen molar-refractivity contribution in [1.29, 1.82) is 0 Å². The molecule has 1 atom stereocenters. The van der Waals surface area contributed by atoms with Gasteiger partial charge in [-0.15, -0.1) is 11.3 Å². The largest absolute Gasteiger partial charge is 0.357 e. The van der Waals surface area contributed by atoms with Gasteiger partial charge in [0.05, 0.1) is 10.7 Å². The molecule has 0 fully saturated rings. The van der Waals surface area contributed by atoms with Gasteiger partial charge < -0.3 is 10.6 Å². The fraction of sp³-hybridized carbons (Fsp3) is 0.692. The molecule has 1 heterocycles. The molecule has 1 rings (SSSR count). The van der Waals surface area contributed by atoms with E-state index in [9.17, 15) is 0 Å². The number of nitrogens with one attached hydrogen (secondary N) is 2. The number of aromatic nitrogens is 1. The second-order valence-corrected chi connectivity index (χ2v) is 5.38. The molecule has 4 nitrogen and oxygen atoms in total. The zero-order valence-electron chi connectivity index (χ0n) is 11.8. The molecule has 102 valence electrons. The Morgan fingerprint density at radius 3 is 2.83 bits per heavy atom. The van der Waals surface area contributed by atoms with Gasteiger partial charge in [-0.05, 0) is 27.2 Å². The predicted molar refractivity (Wildman–Crippen MR) is 79.4 cm³/mol. The molecular formula is C13H24N4S. The van der Waals surface area contributed by atoms with Crippen molar-refractivity contribution in [2.45, 2.75) is 46.6 Å². The fourth-order valence-corrected chi connectivity index (χ4v) is 2.11. The highest BCUT2D eigenvalue weighted by Gasteiger charge is 2.02. The van der Waals surface area contributed by atoms with Gasteiger partial charge in [0.1, 0.15) is 0 Å². The molecule has 0 aliphatic carbocycles. The topological polar surface area (TPSA) is 49.3 Å². The molecular weight excluding hydrogens is 244 g/mol. The first-order valence-electron chi connectivity index (χ1n) is 6.61. The van der Waals surface area contributed by atoms with Crippen molar-refractivity contribution in [1.82, 2.24) is 15.6 Å². The smallest absolute Gasteiger partial charge is 0.191 e. The third-order valence-corrected chi connectivity index (χ3v) is 3.47. The van der Waals surface area contributed by atoms with E-state index in [1.807, 2.05) is 6.92 Å². The SMILES string of the molecule is CCNC(=NCCc1csc(C)n1)NC(C)CC. The molecule has 0 aliphatic heterocycles. The zero-order chi connectivity index (χ0) is 13.4. The Morgan fingerprint density at radius 1 is 1.50 bits per heavy atom. The van der Waals surface area contributed by atoms with Crippen LogP contribution in [-0.4, -0.2) is 30.1 Å². The molecule has 0 spiro atoms. The van der Waals surface area contributed by atoms with E-state index in [0.29, 0.717) is 6.04 Å². The lowest BCUT2D eigenvalue weighted by molar-refractivity contribution is 0.624. The number of hydrogen-bond donors (Lipinski definition) is 2. The van der Waals surface area contributed by atoms with Crippen LogP contribution in [0.5, 0.6) is 0 Å². The number of aryl methyl sites for hydroxylation is 1. The molecule has 0 saturated heterocycles. The minimum atomic E-state index is 0.448. The normalized spacial score (nSPS) is 13.4. The summed E-state index contributed by atoms with van der Waals surface area (Å²) in [5, 5.41) is 9.88.